The molecule has 0 aliphatic heterocycles. The Bertz CT molecular complexity index is 198. The minimum atomic E-state index is 0.833. The van der Waals surface area contributed by atoms with Gasteiger partial charge in [-0.15, -0.1) is 0 Å². The van der Waals surface area contributed by atoms with Crippen LogP contribution in [0.2, 0.25) is 0 Å². The maximum Gasteiger partial charge on any atom is 0.0146 e. The van der Waals surface area contributed by atoms with Crippen molar-refractivity contribution in [1.29, 1.82) is 0 Å². The summed E-state index contributed by atoms with van der Waals surface area (Å²) in [5.41, 5.74) is 0. The predicted molar refractivity (Wildman–Crippen MR) is 79.6 cm³/mol. The molecule has 0 heterocycles. The van der Waals surface area contributed by atoms with Crippen molar-refractivity contribution in [2.45, 2.75) is 82.4 Å². The number of alkyl halides is 1. The van der Waals surface area contributed by atoms with Crippen LogP contribution in [0.15, 0.2) is 0 Å². The smallest absolute Gasteiger partial charge is 0.0146 e. The van der Waals surface area contributed by atoms with Gasteiger partial charge in [-0.2, -0.15) is 0 Å². The van der Waals surface area contributed by atoms with Crippen LogP contribution in [0.1, 0.15) is 77.6 Å². The highest BCUT2D eigenvalue weighted by Gasteiger charge is 2.29. The van der Waals surface area contributed by atoms with Crippen LogP contribution in [0.3, 0.4) is 0 Å². The second-order valence-electron chi connectivity index (χ2n) is 6.44. The van der Waals surface area contributed by atoms with Crippen molar-refractivity contribution in [3.63, 3.8) is 0 Å². The molecule has 2 aliphatic carbocycles. The van der Waals surface area contributed by atoms with Crippen LogP contribution in [0.4, 0.5) is 0 Å². The Hall–Kier alpha value is 0.480. The third-order valence-electron chi connectivity index (χ3n) is 5.23. The van der Waals surface area contributed by atoms with E-state index in [1.807, 2.05) is 0 Å². The Morgan fingerprint density at radius 1 is 0.824 bits per heavy atom. The molecule has 1 heteroatoms. The fourth-order valence-corrected chi connectivity index (χ4v) is 4.52. The van der Waals surface area contributed by atoms with E-state index in [0.717, 1.165) is 22.6 Å². The van der Waals surface area contributed by atoms with Crippen molar-refractivity contribution in [3.05, 3.63) is 0 Å². The maximum atomic E-state index is 3.78. The average molecular weight is 301 g/mol. The van der Waals surface area contributed by atoms with Gasteiger partial charge in [0.05, 0.1) is 0 Å². The van der Waals surface area contributed by atoms with E-state index < -0.39 is 0 Å². The molecule has 2 saturated carbocycles. The number of hydrogen-bond donors (Lipinski definition) is 0. The molecule has 0 aromatic heterocycles. The molecule has 0 unspecified atom stereocenters. The minimum Gasteiger partial charge on any atom is -0.0891 e. The van der Waals surface area contributed by atoms with E-state index >= 15 is 0 Å². The molecule has 0 aromatic carbocycles. The molecule has 0 nitrogen and oxygen atoms in total. The predicted octanol–water partition coefficient (Wildman–Crippen LogP) is 5.94. The summed E-state index contributed by atoms with van der Waals surface area (Å²) in [6.45, 7) is 2.32. The van der Waals surface area contributed by atoms with Crippen LogP contribution in [0, 0.1) is 17.8 Å². The third kappa shape index (κ3) is 4.26. The van der Waals surface area contributed by atoms with Crippen molar-refractivity contribution >= 4 is 15.9 Å². The van der Waals surface area contributed by atoms with Gasteiger partial charge in [0.15, 0.2) is 0 Å². The molecule has 0 radical (unpaired) electrons. The maximum absolute atomic E-state index is 3.78. The van der Waals surface area contributed by atoms with E-state index in [-0.39, 0.29) is 0 Å². The molecular weight excluding hydrogens is 272 g/mol. The first-order chi connectivity index (χ1) is 8.29. The molecule has 2 rings (SSSR count). The zero-order valence-corrected chi connectivity index (χ0v) is 13.1. The van der Waals surface area contributed by atoms with E-state index in [0.29, 0.717) is 0 Å². The summed E-state index contributed by atoms with van der Waals surface area (Å²) < 4.78 is 0. The van der Waals surface area contributed by atoms with Crippen LogP contribution in [-0.2, 0) is 0 Å². The monoisotopic (exact) mass is 300 g/mol. The molecule has 0 amide bonds. The molecule has 0 spiro atoms. The van der Waals surface area contributed by atoms with Gasteiger partial charge in [0.1, 0.15) is 0 Å². The van der Waals surface area contributed by atoms with Crippen molar-refractivity contribution in [3.8, 4) is 0 Å². The Morgan fingerprint density at radius 2 is 1.35 bits per heavy atom. The van der Waals surface area contributed by atoms with Crippen LogP contribution < -0.4 is 0 Å². The van der Waals surface area contributed by atoms with Gasteiger partial charge in [-0.3, -0.25) is 0 Å². The topological polar surface area (TPSA) is 0 Å². The second kappa shape index (κ2) is 7.16. The molecule has 100 valence electrons. The van der Waals surface area contributed by atoms with Crippen LogP contribution in [-0.4, -0.2) is 4.83 Å². The van der Waals surface area contributed by atoms with Gasteiger partial charge in [-0.25, -0.2) is 0 Å². The van der Waals surface area contributed by atoms with Gasteiger partial charge in [0, 0.05) is 4.83 Å². The first-order valence-electron chi connectivity index (χ1n) is 7.93. The lowest BCUT2D eigenvalue weighted by molar-refractivity contribution is 0.164. The van der Waals surface area contributed by atoms with Gasteiger partial charge in [0.25, 0.3) is 0 Å². The van der Waals surface area contributed by atoms with Crippen molar-refractivity contribution in [2.75, 3.05) is 0 Å². The molecular formula is C16H29Br. The van der Waals surface area contributed by atoms with E-state index in [1.54, 1.807) is 25.7 Å². The Balaban J connectivity index is 1.68. The normalized spacial score (nSPS) is 39.2. The lowest BCUT2D eigenvalue weighted by atomic mass is 9.70. The van der Waals surface area contributed by atoms with Gasteiger partial charge in [-0.05, 0) is 56.3 Å². The van der Waals surface area contributed by atoms with Gasteiger partial charge < -0.3 is 0 Å². The molecule has 2 fully saturated rings. The zero-order chi connectivity index (χ0) is 12.1. The van der Waals surface area contributed by atoms with E-state index in [2.05, 4.69) is 22.9 Å². The summed E-state index contributed by atoms with van der Waals surface area (Å²) in [4.78, 5) is 0.833. The van der Waals surface area contributed by atoms with Crippen molar-refractivity contribution < 1.29 is 0 Å². The summed E-state index contributed by atoms with van der Waals surface area (Å²) in [6, 6.07) is 0. The van der Waals surface area contributed by atoms with Crippen molar-refractivity contribution in [2.24, 2.45) is 17.8 Å². The fourth-order valence-electron chi connectivity index (χ4n) is 3.99. The summed E-state index contributed by atoms with van der Waals surface area (Å²) >= 11 is 3.78. The standard InChI is InChI=1S/C16H29Br/c1-2-3-4-13-5-7-14(8-6-13)15-9-11-16(17)12-10-15/h13-16H,2-12H2,1H3/t13-,14+,15-,16-. The Labute approximate surface area is 116 Å². The number of halogens is 1. The van der Waals surface area contributed by atoms with Gasteiger partial charge >= 0.3 is 0 Å². The summed E-state index contributed by atoms with van der Waals surface area (Å²) in [7, 11) is 0. The minimum absolute atomic E-state index is 0.833. The van der Waals surface area contributed by atoms with Crippen molar-refractivity contribution in [1.82, 2.24) is 0 Å². The lowest BCUT2D eigenvalue weighted by Crippen LogP contribution is -2.25. The highest BCUT2D eigenvalue weighted by molar-refractivity contribution is 9.09. The summed E-state index contributed by atoms with van der Waals surface area (Å²) in [5, 5.41) is 0. The quantitative estimate of drug-likeness (QED) is 0.564. The molecule has 2 aliphatic rings. The average Bonchev–Trinajstić information content (AvgIpc) is 2.38. The Morgan fingerprint density at radius 3 is 1.88 bits per heavy atom. The molecule has 0 bridgehead atoms. The first-order valence-corrected chi connectivity index (χ1v) is 8.85. The largest absolute Gasteiger partial charge is 0.0891 e. The number of rotatable bonds is 4. The zero-order valence-electron chi connectivity index (χ0n) is 11.5. The van der Waals surface area contributed by atoms with Crippen LogP contribution in [0.5, 0.6) is 0 Å². The van der Waals surface area contributed by atoms with Crippen LogP contribution in [0.25, 0.3) is 0 Å². The molecule has 0 N–H and O–H groups in total. The number of unbranched alkanes of at least 4 members (excludes halogenated alkanes) is 1. The van der Waals surface area contributed by atoms with Crippen LogP contribution >= 0.6 is 15.9 Å². The second-order valence-corrected chi connectivity index (χ2v) is 7.73. The molecule has 0 aromatic rings. The third-order valence-corrected chi connectivity index (χ3v) is 6.14. The lowest BCUT2D eigenvalue weighted by Gasteiger charge is -2.37. The highest BCUT2D eigenvalue weighted by atomic mass is 79.9. The fraction of sp³-hybridized carbons (Fsp3) is 1.00. The van der Waals surface area contributed by atoms with E-state index in [1.165, 1.54) is 44.9 Å². The Kier molecular flexibility index (Phi) is 5.86. The highest BCUT2D eigenvalue weighted by Crippen LogP contribution is 2.42. The van der Waals surface area contributed by atoms with E-state index in [4.69, 9.17) is 0 Å². The summed E-state index contributed by atoms with van der Waals surface area (Å²) in [5.74, 6) is 3.25. The van der Waals surface area contributed by atoms with Gasteiger partial charge in [0.2, 0.25) is 0 Å². The molecule has 17 heavy (non-hydrogen) atoms. The first kappa shape index (κ1) is 13.9. The molecule has 0 atom stereocenters. The number of hydrogen-bond acceptors (Lipinski definition) is 0. The SMILES string of the molecule is CCCC[C@H]1CC[C@@H]([C@H]2CC[C@H](Br)CC2)CC1. The van der Waals surface area contributed by atoms with E-state index in [9.17, 15) is 0 Å². The summed E-state index contributed by atoms with van der Waals surface area (Å²) in [6.07, 6.45) is 16.4. The van der Waals surface area contributed by atoms with Gasteiger partial charge in [-0.1, -0.05) is 55.0 Å². The molecule has 0 saturated heterocycles.